The minimum atomic E-state index is 0.0946. The maximum absolute atomic E-state index is 11.8. The molecule has 0 fully saturated rings. The smallest absolute Gasteiger partial charge is 0.220 e. The number of carbonyl (C=O) groups is 1. The Bertz CT molecular complexity index is 1310. The van der Waals surface area contributed by atoms with Gasteiger partial charge in [0.15, 0.2) is 0 Å². The van der Waals surface area contributed by atoms with Crippen LogP contribution in [0.2, 0.25) is 0 Å². The lowest BCUT2D eigenvalue weighted by Gasteiger charge is -2.07. The number of unbranched alkanes of at least 4 members (excludes halogenated alkanes) is 2. The number of nitrogens with one attached hydrogen (secondary N) is 1. The van der Waals surface area contributed by atoms with Crippen molar-refractivity contribution in [2.45, 2.75) is 39.2 Å². The zero-order valence-corrected chi connectivity index (χ0v) is 20.0. The molecular formula is C30H34N3O+. The second kappa shape index (κ2) is 11.6. The molecule has 1 heterocycles. The maximum Gasteiger partial charge on any atom is 0.220 e. The Labute approximate surface area is 202 Å². The van der Waals surface area contributed by atoms with Gasteiger partial charge in [-0.3, -0.25) is 4.79 Å². The molecule has 4 aromatic rings. The first-order chi connectivity index (χ1) is 16.7. The highest BCUT2D eigenvalue weighted by Crippen LogP contribution is 2.24. The average molecular weight is 453 g/mol. The minimum Gasteiger partial charge on any atom is -0.355 e. The van der Waals surface area contributed by atoms with E-state index in [4.69, 9.17) is 5.73 Å². The molecule has 0 unspecified atom stereocenters. The molecule has 4 nitrogen and oxygen atoms in total. The van der Waals surface area contributed by atoms with Crippen LogP contribution in [-0.2, 0) is 11.3 Å². The molecule has 0 radical (unpaired) electrons. The number of aryl methyl sites for hydroxylation is 2. The maximum atomic E-state index is 11.8. The van der Waals surface area contributed by atoms with Crippen LogP contribution in [0.4, 0.5) is 0 Å². The van der Waals surface area contributed by atoms with Crippen LogP contribution in [0, 0.1) is 6.92 Å². The van der Waals surface area contributed by atoms with Gasteiger partial charge in [0.1, 0.15) is 6.54 Å². The fourth-order valence-corrected chi connectivity index (χ4v) is 4.50. The lowest BCUT2D eigenvalue weighted by atomic mass is 10.00. The van der Waals surface area contributed by atoms with Crippen LogP contribution in [0.5, 0.6) is 0 Å². The van der Waals surface area contributed by atoms with Gasteiger partial charge in [0, 0.05) is 49.5 Å². The molecule has 0 saturated heterocycles. The number of hydrogen-bond donors (Lipinski definition) is 2. The van der Waals surface area contributed by atoms with E-state index in [0.717, 1.165) is 25.8 Å². The summed E-state index contributed by atoms with van der Waals surface area (Å²) in [7, 11) is 0. The molecule has 1 amide bonds. The van der Waals surface area contributed by atoms with Crippen molar-refractivity contribution in [1.29, 1.82) is 0 Å². The van der Waals surface area contributed by atoms with Gasteiger partial charge in [0.2, 0.25) is 17.1 Å². The van der Waals surface area contributed by atoms with Gasteiger partial charge in [-0.25, -0.2) is 0 Å². The van der Waals surface area contributed by atoms with E-state index in [1.165, 1.54) is 38.5 Å². The number of aromatic nitrogens is 1. The molecule has 0 bridgehead atoms. The van der Waals surface area contributed by atoms with E-state index in [0.29, 0.717) is 19.5 Å². The highest BCUT2D eigenvalue weighted by atomic mass is 16.1. The van der Waals surface area contributed by atoms with Crippen LogP contribution in [0.1, 0.15) is 42.5 Å². The Kier molecular flexibility index (Phi) is 8.05. The SMILES string of the molecule is Cc1ccc(/C=C/c2ccc3ccccc3[n+]2CCCCCC(=O)NCCN)c2ccccc12. The van der Waals surface area contributed by atoms with Crippen LogP contribution in [0.3, 0.4) is 0 Å². The van der Waals surface area contributed by atoms with Gasteiger partial charge >= 0.3 is 0 Å². The van der Waals surface area contributed by atoms with Crippen molar-refractivity contribution in [3.05, 3.63) is 89.6 Å². The Balaban J connectivity index is 1.54. The first-order valence-corrected chi connectivity index (χ1v) is 12.2. The van der Waals surface area contributed by atoms with Gasteiger partial charge in [-0.15, -0.1) is 0 Å². The van der Waals surface area contributed by atoms with E-state index in [-0.39, 0.29) is 5.91 Å². The number of para-hydroxylation sites is 1. The van der Waals surface area contributed by atoms with Gasteiger partial charge in [-0.1, -0.05) is 48.5 Å². The fraction of sp³-hybridized carbons (Fsp3) is 0.267. The Hall–Kier alpha value is -3.50. The van der Waals surface area contributed by atoms with Crippen LogP contribution in [-0.4, -0.2) is 19.0 Å². The average Bonchev–Trinajstić information content (AvgIpc) is 2.87. The van der Waals surface area contributed by atoms with Crippen molar-refractivity contribution in [1.82, 2.24) is 5.32 Å². The van der Waals surface area contributed by atoms with Crippen molar-refractivity contribution in [2.75, 3.05) is 13.1 Å². The summed E-state index contributed by atoms with van der Waals surface area (Å²) in [5.74, 6) is 0.0946. The lowest BCUT2D eigenvalue weighted by molar-refractivity contribution is -0.673. The van der Waals surface area contributed by atoms with E-state index in [2.05, 4.69) is 102 Å². The third kappa shape index (κ3) is 5.70. The quantitative estimate of drug-likeness (QED) is 0.250. The number of rotatable bonds is 10. The number of nitrogens with zero attached hydrogens (tertiary/aromatic N) is 1. The van der Waals surface area contributed by atoms with Crippen molar-refractivity contribution >= 4 is 39.7 Å². The number of hydrogen-bond acceptors (Lipinski definition) is 2. The predicted molar refractivity (Wildman–Crippen MR) is 142 cm³/mol. The number of nitrogens with two attached hydrogens (primary N) is 1. The van der Waals surface area contributed by atoms with Gasteiger partial charge in [-0.05, 0) is 59.9 Å². The van der Waals surface area contributed by atoms with Crippen molar-refractivity contribution in [3.63, 3.8) is 0 Å². The largest absolute Gasteiger partial charge is 0.355 e. The molecule has 0 saturated carbocycles. The standard InChI is InChI=1S/C30H33N3O/c1-23-14-15-24(28-11-6-5-10-27(23)28)16-18-26-19-17-25-9-4-7-12-29(25)33(26)22-8-2-3-13-30(34)32-21-20-31/h4-7,9-12,14-19H,2-3,8,13,20-22,31H2,1H3/p+1/b18-16+. The summed E-state index contributed by atoms with van der Waals surface area (Å²) in [5.41, 5.74) is 10.4. The molecule has 0 aliphatic carbocycles. The molecule has 1 aromatic heterocycles. The van der Waals surface area contributed by atoms with E-state index in [1.54, 1.807) is 0 Å². The Morgan fingerprint density at radius 1 is 0.882 bits per heavy atom. The van der Waals surface area contributed by atoms with Crippen LogP contribution in [0.15, 0.2) is 72.8 Å². The summed E-state index contributed by atoms with van der Waals surface area (Å²) in [6.07, 6.45) is 7.94. The Morgan fingerprint density at radius 3 is 2.53 bits per heavy atom. The zero-order valence-electron chi connectivity index (χ0n) is 20.0. The number of pyridine rings is 1. The van der Waals surface area contributed by atoms with Crippen molar-refractivity contribution < 1.29 is 9.36 Å². The monoisotopic (exact) mass is 452 g/mol. The topological polar surface area (TPSA) is 59.0 Å². The normalized spacial score (nSPS) is 11.5. The number of carbonyl (C=O) groups excluding carboxylic acids is 1. The molecule has 0 aliphatic rings. The highest BCUT2D eigenvalue weighted by molar-refractivity contribution is 5.94. The summed E-state index contributed by atoms with van der Waals surface area (Å²) in [5, 5.41) is 6.66. The van der Waals surface area contributed by atoms with E-state index in [1.807, 2.05) is 0 Å². The van der Waals surface area contributed by atoms with Crippen LogP contribution in [0.25, 0.3) is 33.8 Å². The third-order valence-electron chi connectivity index (χ3n) is 6.33. The Morgan fingerprint density at radius 2 is 1.68 bits per heavy atom. The lowest BCUT2D eigenvalue weighted by Crippen LogP contribution is -2.38. The van der Waals surface area contributed by atoms with E-state index in [9.17, 15) is 4.79 Å². The summed E-state index contributed by atoms with van der Waals surface area (Å²) in [6, 6.07) is 25.9. The summed E-state index contributed by atoms with van der Waals surface area (Å²) in [6.45, 7) is 4.11. The molecule has 4 rings (SSSR count). The molecule has 34 heavy (non-hydrogen) atoms. The van der Waals surface area contributed by atoms with Crippen molar-refractivity contribution in [3.8, 4) is 0 Å². The third-order valence-corrected chi connectivity index (χ3v) is 6.33. The molecule has 3 N–H and O–H groups in total. The van der Waals surface area contributed by atoms with Crippen molar-refractivity contribution in [2.24, 2.45) is 5.73 Å². The molecule has 0 aliphatic heterocycles. The summed E-state index contributed by atoms with van der Waals surface area (Å²) in [4.78, 5) is 11.8. The fourth-order valence-electron chi connectivity index (χ4n) is 4.50. The van der Waals surface area contributed by atoms with Gasteiger partial charge < -0.3 is 11.1 Å². The first kappa shape index (κ1) is 23.7. The van der Waals surface area contributed by atoms with E-state index >= 15 is 0 Å². The second-order valence-electron chi connectivity index (χ2n) is 8.77. The number of benzene rings is 3. The molecule has 0 spiro atoms. The molecule has 4 heteroatoms. The molecular weight excluding hydrogens is 418 g/mol. The highest BCUT2D eigenvalue weighted by Gasteiger charge is 2.14. The molecule has 0 atom stereocenters. The van der Waals surface area contributed by atoms with Gasteiger partial charge in [0.05, 0.1) is 0 Å². The molecule has 3 aromatic carbocycles. The minimum absolute atomic E-state index is 0.0946. The zero-order chi connectivity index (χ0) is 23.8. The van der Waals surface area contributed by atoms with Gasteiger partial charge in [0.25, 0.3) is 0 Å². The second-order valence-corrected chi connectivity index (χ2v) is 8.77. The predicted octanol–water partition coefficient (Wildman–Crippen LogP) is 5.39. The summed E-state index contributed by atoms with van der Waals surface area (Å²) < 4.78 is 2.40. The first-order valence-electron chi connectivity index (χ1n) is 12.2. The van der Waals surface area contributed by atoms with Crippen LogP contribution < -0.4 is 15.6 Å². The number of amides is 1. The molecule has 174 valence electrons. The summed E-state index contributed by atoms with van der Waals surface area (Å²) >= 11 is 0. The number of fused-ring (bicyclic) bond motifs is 2. The van der Waals surface area contributed by atoms with Gasteiger partial charge in [-0.2, -0.15) is 4.57 Å². The van der Waals surface area contributed by atoms with Crippen LogP contribution >= 0.6 is 0 Å². The van der Waals surface area contributed by atoms with E-state index < -0.39 is 0 Å².